The van der Waals surface area contributed by atoms with Crippen LogP contribution in [-0.4, -0.2) is 36.2 Å². The fraction of sp³-hybridized carbons (Fsp3) is 0.909. The lowest BCUT2D eigenvalue weighted by Crippen LogP contribution is -2.43. The third-order valence-corrected chi connectivity index (χ3v) is 3.45. The largest absolute Gasteiger partial charge is 0.447 e. The maximum Gasteiger partial charge on any atom is 0.409 e. The van der Waals surface area contributed by atoms with E-state index in [4.69, 9.17) is 10.5 Å². The molecule has 4 nitrogen and oxygen atoms in total. The molecule has 1 aliphatic carbocycles. The lowest BCUT2D eigenvalue weighted by atomic mass is 10.0. The molecule has 4 heteroatoms. The Labute approximate surface area is 90.8 Å². The Hall–Kier alpha value is -0.770. The molecule has 1 heterocycles. The number of nitrogens with zero attached hydrogens (tertiary/aromatic N) is 1. The molecule has 0 aromatic heterocycles. The minimum absolute atomic E-state index is 0.177. The van der Waals surface area contributed by atoms with E-state index in [1.165, 1.54) is 0 Å². The summed E-state index contributed by atoms with van der Waals surface area (Å²) in [6.45, 7) is 2.08. The van der Waals surface area contributed by atoms with Crippen LogP contribution in [0.4, 0.5) is 4.79 Å². The van der Waals surface area contributed by atoms with Gasteiger partial charge in [0.05, 0.1) is 5.54 Å². The minimum atomic E-state index is -0.241. The van der Waals surface area contributed by atoms with Crippen molar-refractivity contribution in [2.75, 3.05) is 19.7 Å². The summed E-state index contributed by atoms with van der Waals surface area (Å²) in [5, 5.41) is 0. The van der Waals surface area contributed by atoms with Crippen LogP contribution < -0.4 is 5.73 Å². The first kappa shape index (κ1) is 10.7. The molecule has 0 bridgehead atoms. The van der Waals surface area contributed by atoms with Gasteiger partial charge in [-0.2, -0.15) is 0 Å². The fourth-order valence-corrected chi connectivity index (χ4v) is 2.42. The highest BCUT2D eigenvalue weighted by atomic mass is 16.6. The van der Waals surface area contributed by atoms with Crippen molar-refractivity contribution in [1.82, 2.24) is 4.90 Å². The van der Waals surface area contributed by atoms with Crippen LogP contribution in [0.1, 0.15) is 38.5 Å². The van der Waals surface area contributed by atoms with Crippen LogP contribution in [0.3, 0.4) is 0 Å². The van der Waals surface area contributed by atoms with E-state index in [0.717, 1.165) is 51.6 Å². The molecule has 2 N–H and O–H groups in total. The zero-order chi connectivity index (χ0) is 10.7. The number of nitrogens with two attached hydrogens (primary N) is 1. The Morgan fingerprint density at radius 3 is 2.40 bits per heavy atom. The van der Waals surface area contributed by atoms with Gasteiger partial charge in [0.1, 0.15) is 6.61 Å². The quantitative estimate of drug-likeness (QED) is 0.754. The first-order valence-electron chi connectivity index (χ1n) is 5.90. The molecule has 0 aromatic rings. The van der Waals surface area contributed by atoms with Crippen LogP contribution in [0.5, 0.6) is 0 Å². The van der Waals surface area contributed by atoms with Crippen molar-refractivity contribution >= 4 is 6.09 Å². The lowest BCUT2D eigenvalue weighted by molar-refractivity contribution is 0.0875. The smallest absolute Gasteiger partial charge is 0.409 e. The molecule has 0 atom stereocenters. The molecule has 1 aliphatic heterocycles. The Bertz CT molecular complexity index is 231. The Morgan fingerprint density at radius 1 is 1.20 bits per heavy atom. The molecule has 0 aromatic carbocycles. The normalized spacial score (nSPS) is 24.5. The Kier molecular flexibility index (Phi) is 3.14. The number of amides is 1. The van der Waals surface area contributed by atoms with Gasteiger partial charge in [-0.3, -0.25) is 0 Å². The van der Waals surface area contributed by atoms with E-state index in [1.54, 1.807) is 4.90 Å². The molecule has 2 aliphatic rings. The van der Waals surface area contributed by atoms with Gasteiger partial charge in [-0.25, -0.2) is 4.79 Å². The summed E-state index contributed by atoms with van der Waals surface area (Å²) in [5.41, 5.74) is 5.87. The SMILES string of the molecule is NC1(COC(=O)N2CCCC2)CCCC1. The number of ether oxygens (including phenoxy) is 1. The molecule has 0 spiro atoms. The van der Waals surface area contributed by atoms with Gasteiger partial charge in [0, 0.05) is 13.1 Å². The van der Waals surface area contributed by atoms with Crippen molar-refractivity contribution in [3.63, 3.8) is 0 Å². The standard InChI is InChI=1S/C11H20N2O2/c12-11(5-1-2-6-11)9-15-10(14)13-7-3-4-8-13/h1-9,12H2. The van der Waals surface area contributed by atoms with Crippen LogP contribution in [0.2, 0.25) is 0 Å². The number of carbonyl (C=O) groups excluding carboxylic acids is 1. The molecule has 1 saturated carbocycles. The summed E-state index contributed by atoms with van der Waals surface area (Å²) in [7, 11) is 0. The predicted molar refractivity (Wildman–Crippen MR) is 57.5 cm³/mol. The molecule has 0 unspecified atom stereocenters. The molecule has 86 valence electrons. The Morgan fingerprint density at radius 2 is 1.80 bits per heavy atom. The van der Waals surface area contributed by atoms with E-state index in [2.05, 4.69) is 0 Å². The van der Waals surface area contributed by atoms with E-state index in [9.17, 15) is 4.79 Å². The number of hydrogen-bond acceptors (Lipinski definition) is 3. The van der Waals surface area contributed by atoms with Crippen molar-refractivity contribution < 1.29 is 9.53 Å². The molecular weight excluding hydrogens is 192 g/mol. The molecule has 1 saturated heterocycles. The zero-order valence-corrected chi connectivity index (χ0v) is 9.21. The molecule has 2 fully saturated rings. The predicted octanol–water partition coefficient (Wildman–Crippen LogP) is 1.49. The van der Waals surface area contributed by atoms with Crippen LogP contribution in [0, 0.1) is 0 Å². The van der Waals surface area contributed by atoms with Crippen molar-refractivity contribution in [3.8, 4) is 0 Å². The van der Waals surface area contributed by atoms with Gasteiger partial charge in [0.15, 0.2) is 0 Å². The van der Waals surface area contributed by atoms with E-state index in [-0.39, 0.29) is 11.6 Å². The van der Waals surface area contributed by atoms with Crippen LogP contribution >= 0.6 is 0 Å². The highest BCUT2D eigenvalue weighted by molar-refractivity contribution is 5.67. The number of hydrogen-bond donors (Lipinski definition) is 1. The van der Waals surface area contributed by atoms with Crippen LogP contribution in [0.15, 0.2) is 0 Å². The highest BCUT2D eigenvalue weighted by Gasteiger charge is 2.31. The summed E-state index contributed by atoms with van der Waals surface area (Å²) in [6, 6.07) is 0. The summed E-state index contributed by atoms with van der Waals surface area (Å²) in [6.07, 6.45) is 6.33. The first-order valence-corrected chi connectivity index (χ1v) is 5.90. The summed E-state index contributed by atoms with van der Waals surface area (Å²) in [5.74, 6) is 0. The monoisotopic (exact) mass is 212 g/mol. The number of likely N-dealkylation sites (tertiary alicyclic amines) is 1. The summed E-state index contributed by atoms with van der Waals surface area (Å²) < 4.78 is 5.27. The maximum absolute atomic E-state index is 11.6. The summed E-state index contributed by atoms with van der Waals surface area (Å²) >= 11 is 0. The van der Waals surface area contributed by atoms with E-state index < -0.39 is 0 Å². The molecule has 0 radical (unpaired) electrons. The Balaban J connectivity index is 1.74. The average Bonchev–Trinajstić information content (AvgIpc) is 2.85. The molecule has 1 amide bonds. The molecule has 2 rings (SSSR count). The van der Waals surface area contributed by atoms with Crippen LogP contribution in [-0.2, 0) is 4.74 Å². The van der Waals surface area contributed by atoms with Gasteiger partial charge >= 0.3 is 6.09 Å². The third-order valence-electron chi connectivity index (χ3n) is 3.45. The summed E-state index contributed by atoms with van der Waals surface area (Å²) in [4.78, 5) is 13.4. The second kappa shape index (κ2) is 4.39. The van der Waals surface area contributed by atoms with E-state index in [0.29, 0.717) is 6.61 Å². The van der Waals surface area contributed by atoms with Gasteiger partial charge in [-0.1, -0.05) is 12.8 Å². The minimum Gasteiger partial charge on any atom is -0.447 e. The van der Waals surface area contributed by atoms with Gasteiger partial charge in [-0.05, 0) is 25.7 Å². The molecular formula is C11H20N2O2. The average molecular weight is 212 g/mol. The van der Waals surface area contributed by atoms with Gasteiger partial charge in [0.2, 0.25) is 0 Å². The van der Waals surface area contributed by atoms with Crippen molar-refractivity contribution in [2.24, 2.45) is 5.73 Å². The van der Waals surface area contributed by atoms with Gasteiger partial charge in [0.25, 0.3) is 0 Å². The highest BCUT2D eigenvalue weighted by Crippen LogP contribution is 2.27. The van der Waals surface area contributed by atoms with Gasteiger partial charge < -0.3 is 15.4 Å². The number of rotatable bonds is 2. The first-order chi connectivity index (χ1) is 7.20. The van der Waals surface area contributed by atoms with Crippen LogP contribution in [0.25, 0.3) is 0 Å². The third kappa shape index (κ3) is 2.62. The topological polar surface area (TPSA) is 55.6 Å². The zero-order valence-electron chi connectivity index (χ0n) is 9.21. The van der Waals surface area contributed by atoms with E-state index >= 15 is 0 Å². The van der Waals surface area contributed by atoms with Gasteiger partial charge in [-0.15, -0.1) is 0 Å². The molecule has 15 heavy (non-hydrogen) atoms. The van der Waals surface area contributed by atoms with Crippen molar-refractivity contribution in [3.05, 3.63) is 0 Å². The fourth-order valence-electron chi connectivity index (χ4n) is 2.42. The van der Waals surface area contributed by atoms with Crippen molar-refractivity contribution in [1.29, 1.82) is 0 Å². The van der Waals surface area contributed by atoms with E-state index in [1.807, 2.05) is 0 Å². The second-order valence-electron chi connectivity index (χ2n) is 4.82. The maximum atomic E-state index is 11.6. The van der Waals surface area contributed by atoms with Crippen molar-refractivity contribution in [2.45, 2.75) is 44.1 Å². The number of carbonyl (C=O) groups is 1. The second-order valence-corrected chi connectivity index (χ2v) is 4.82. The lowest BCUT2D eigenvalue weighted by Gasteiger charge is -2.24.